The maximum Gasteiger partial charge on any atom is 0.225 e. The van der Waals surface area contributed by atoms with E-state index in [0.29, 0.717) is 5.95 Å². The minimum atomic E-state index is -0.237. The summed E-state index contributed by atoms with van der Waals surface area (Å²) in [7, 11) is 3.91. The zero-order valence-corrected chi connectivity index (χ0v) is 18.8. The van der Waals surface area contributed by atoms with Gasteiger partial charge < -0.3 is 4.90 Å². The molecule has 1 aliphatic rings. The molecular formula is C24H31FN6. The van der Waals surface area contributed by atoms with Gasteiger partial charge in [-0.3, -0.25) is 9.58 Å². The molecule has 0 bridgehead atoms. The van der Waals surface area contributed by atoms with E-state index < -0.39 is 0 Å². The molecule has 0 saturated carbocycles. The highest BCUT2D eigenvalue weighted by Crippen LogP contribution is 2.37. The number of aromatic nitrogens is 4. The van der Waals surface area contributed by atoms with Crippen molar-refractivity contribution in [3.63, 3.8) is 0 Å². The molecule has 1 unspecified atom stereocenters. The molecule has 7 heteroatoms. The van der Waals surface area contributed by atoms with Crippen LogP contribution in [0.25, 0.3) is 11.1 Å². The lowest BCUT2D eigenvalue weighted by molar-refractivity contribution is 0.137. The van der Waals surface area contributed by atoms with Crippen molar-refractivity contribution in [2.45, 2.75) is 52.2 Å². The summed E-state index contributed by atoms with van der Waals surface area (Å²) in [6.07, 6.45) is 7.27. The molecule has 1 aromatic carbocycles. The first-order valence-electron chi connectivity index (χ1n) is 11.0. The minimum Gasteiger partial charge on any atom is -0.347 e. The Morgan fingerprint density at radius 3 is 2.58 bits per heavy atom. The van der Waals surface area contributed by atoms with Gasteiger partial charge >= 0.3 is 0 Å². The number of rotatable bonds is 6. The first kappa shape index (κ1) is 21.4. The number of anilines is 1. The number of nitrogens with zero attached hydrogens (tertiary/aromatic N) is 6. The van der Waals surface area contributed by atoms with E-state index in [4.69, 9.17) is 4.98 Å². The molecule has 1 atom stereocenters. The minimum absolute atomic E-state index is 0.180. The molecule has 0 spiro atoms. The summed E-state index contributed by atoms with van der Waals surface area (Å²) in [4.78, 5) is 14.0. The van der Waals surface area contributed by atoms with Gasteiger partial charge in [0.15, 0.2) is 0 Å². The molecule has 1 fully saturated rings. The summed E-state index contributed by atoms with van der Waals surface area (Å²) in [6, 6.07) is 6.81. The Labute approximate surface area is 183 Å². The number of piperidine rings is 1. The van der Waals surface area contributed by atoms with Gasteiger partial charge in [-0.1, -0.05) is 18.6 Å². The fraction of sp³-hybridized carbons (Fsp3) is 0.458. The van der Waals surface area contributed by atoms with Gasteiger partial charge in [-0.05, 0) is 50.9 Å². The third kappa shape index (κ3) is 4.46. The lowest BCUT2D eigenvalue weighted by Gasteiger charge is -2.36. The van der Waals surface area contributed by atoms with Crippen LogP contribution in [0.3, 0.4) is 0 Å². The van der Waals surface area contributed by atoms with Crippen molar-refractivity contribution in [1.29, 1.82) is 0 Å². The highest BCUT2D eigenvalue weighted by Gasteiger charge is 2.29. The Balaban J connectivity index is 1.74. The van der Waals surface area contributed by atoms with Gasteiger partial charge in [-0.15, -0.1) is 0 Å². The normalized spacial score (nSPS) is 17.1. The summed E-state index contributed by atoms with van der Waals surface area (Å²) >= 11 is 0. The molecule has 1 aliphatic heterocycles. The molecule has 4 rings (SSSR count). The van der Waals surface area contributed by atoms with Crippen molar-refractivity contribution >= 4 is 5.95 Å². The number of aryl methyl sites for hydroxylation is 1. The van der Waals surface area contributed by atoms with Crippen LogP contribution in [0, 0.1) is 12.7 Å². The quantitative estimate of drug-likeness (QED) is 0.581. The second kappa shape index (κ2) is 9.14. The van der Waals surface area contributed by atoms with E-state index in [-0.39, 0.29) is 11.9 Å². The van der Waals surface area contributed by atoms with Crippen molar-refractivity contribution < 1.29 is 4.39 Å². The third-order valence-electron chi connectivity index (χ3n) is 6.17. The van der Waals surface area contributed by atoms with E-state index in [1.807, 2.05) is 48.2 Å². The Kier molecular flexibility index (Phi) is 6.32. The average Bonchev–Trinajstić information content (AvgIpc) is 3.13. The van der Waals surface area contributed by atoms with E-state index in [0.717, 1.165) is 42.9 Å². The van der Waals surface area contributed by atoms with Gasteiger partial charge in [0, 0.05) is 50.2 Å². The molecular weight excluding hydrogens is 391 g/mol. The van der Waals surface area contributed by atoms with Crippen LogP contribution in [-0.2, 0) is 13.1 Å². The van der Waals surface area contributed by atoms with Gasteiger partial charge in [-0.25, -0.2) is 14.4 Å². The Morgan fingerprint density at radius 2 is 1.90 bits per heavy atom. The van der Waals surface area contributed by atoms with Crippen molar-refractivity contribution in [2.75, 3.05) is 25.5 Å². The molecule has 6 nitrogen and oxygen atoms in total. The van der Waals surface area contributed by atoms with Crippen LogP contribution < -0.4 is 4.90 Å². The summed E-state index contributed by atoms with van der Waals surface area (Å²) in [6.45, 7) is 7.00. The molecule has 3 heterocycles. The highest BCUT2D eigenvalue weighted by molar-refractivity contribution is 5.66. The fourth-order valence-corrected chi connectivity index (χ4v) is 4.37. The van der Waals surface area contributed by atoms with Gasteiger partial charge in [0.05, 0.1) is 17.9 Å². The summed E-state index contributed by atoms with van der Waals surface area (Å²) in [5.74, 6) is 0.459. The number of halogens is 1. The van der Waals surface area contributed by atoms with Gasteiger partial charge in [-0.2, -0.15) is 5.10 Å². The first-order valence-corrected chi connectivity index (χ1v) is 11.0. The number of hydrogen-bond acceptors (Lipinski definition) is 5. The Bertz CT molecular complexity index is 1030. The molecule has 2 aromatic heterocycles. The van der Waals surface area contributed by atoms with E-state index in [9.17, 15) is 4.39 Å². The summed E-state index contributed by atoms with van der Waals surface area (Å²) in [5, 5.41) is 4.53. The third-order valence-corrected chi connectivity index (χ3v) is 6.17. The van der Waals surface area contributed by atoms with Crippen molar-refractivity contribution in [3.8, 4) is 11.1 Å². The maximum atomic E-state index is 13.5. The SMILES string of the molecule is CCn1ncc(CN2CCCCC2c2nc(N(C)C)ncc2-c2ccc(F)cc2)c1C. The van der Waals surface area contributed by atoms with E-state index in [1.165, 1.54) is 36.2 Å². The molecule has 0 radical (unpaired) electrons. The van der Waals surface area contributed by atoms with Crippen LogP contribution >= 0.6 is 0 Å². The highest BCUT2D eigenvalue weighted by atomic mass is 19.1. The zero-order chi connectivity index (χ0) is 22.0. The van der Waals surface area contributed by atoms with Gasteiger partial charge in [0.1, 0.15) is 5.82 Å². The van der Waals surface area contributed by atoms with Gasteiger partial charge in [0.25, 0.3) is 0 Å². The summed E-state index contributed by atoms with van der Waals surface area (Å²) in [5.41, 5.74) is 5.43. The fourth-order valence-electron chi connectivity index (χ4n) is 4.37. The van der Waals surface area contributed by atoms with Crippen molar-refractivity contribution in [3.05, 3.63) is 59.4 Å². The smallest absolute Gasteiger partial charge is 0.225 e. The molecule has 31 heavy (non-hydrogen) atoms. The van der Waals surface area contributed by atoms with Crippen LogP contribution in [-0.4, -0.2) is 45.3 Å². The van der Waals surface area contributed by atoms with Crippen LogP contribution in [0.5, 0.6) is 0 Å². The number of benzene rings is 1. The van der Waals surface area contributed by atoms with Crippen LogP contribution in [0.1, 0.15) is 49.2 Å². The van der Waals surface area contributed by atoms with Gasteiger partial charge in [0.2, 0.25) is 5.95 Å². The monoisotopic (exact) mass is 422 g/mol. The largest absolute Gasteiger partial charge is 0.347 e. The van der Waals surface area contributed by atoms with Crippen LogP contribution in [0.4, 0.5) is 10.3 Å². The predicted octanol–water partition coefficient (Wildman–Crippen LogP) is 4.60. The van der Waals surface area contributed by atoms with E-state index >= 15 is 0 Å². The standard InChI is InChI=1S/C24H31FN6/c1-5-31-17(2)19(14-27-31)16-30-13-7-6-8-22(30)23-21(15-26-24(28-23)29(3)4)18-9-11-20(25)12-10-18/h9-12,14-15,22H,5-8,13,16H2,1-4H3. The molecule has 3 aromatic rings. The summed E-state index contributed by atoms with van der Waals surface area (Å²) < 4.78 is 15.6. The molecule has 0 N–H and O–H groups in total. The molecule has 0 aliphatic carbocycles. The number of hydrogen-bond donors (Lipinski definition) is 0. The Morgan fingerprint density at radius 1 is 1.13 bits per heavy atom. The second-order valence-electron chi connectivity index (χ2n) is 8.42. The van der Waals surface area contributed by atoms with E-state index in [1.54, 1.807) is 0 Å². The molecule has 1 saturated heterocycles. The van der Waals surface area contributed by atoms with Crippen LogP contribution in [0.2, 0.25) is 0 Å². The Hall–Kier alpha value is -2.80. The van der Waals surface area contributed by atoms with E-state index in [2.05, 4.69) is 28.8 Å². The maximum absolute atomic E-state index is 13.5. The van der Waals surface area contributed by atoms with Crippen molar-refractivity contribution in [1.82, 2.24) is 24.6 Å². The van der Waals surface area contributed by atoms with Crippen LogP contribution in [0.15, 0.2) is 36.7 Å². The molecule has 164 valence electrons. The first-order chi connectivity index (χ1) is 15.0. The molecule has 0 amide bonds. The lowest BCUT2D eigenvalue weighted by atomic mass is 9.93. The predicted molar refractivity (Wildman–Crippen MR) is 121 cm³/mol. The second-order valence-corrected chi connectivity index (χ2v) is 8.42. The topological polar surface area (TPSA) is 50.1 Å². The zero-order valence-electron chi connectivity index (χ0n) is 18.8. The average molecular weight is 423 g/mol. The lowest BCUT2D eigenvalue weighted by Crippen LogP contribution is -2.34. The number of likely N-dealkylation sites (tertiary alicyclic amines) is 1. The van der Waals surface area contributed by atoms with Crippen molar-refractivity contribution in [2.24, 2.45) is 0 Å².